The molecule has 0 atom stereocenters. The van der Waals surface area contributed by atoms with Crippen molar-refractivity contribution < 1.29 is 17.6 Å². The van der Waals surface area contributed by atoms with Crippen molar-refractivity contribution in [3.8, 4) is 0 Å². The SMILES string of the molecule is CN(C)C(=O)CNC(=NCc1ccc(S(N)(=O)=O)cc1)NCc1ccccc1F. The van der Waals surface area contributed by atoms with Crippen molar-refractivity contribution in [1.29, 1.82) is 0 Å². The fourth-order valence-corrected chi connectivity index (χ4v) is 2.78. The Hall–Kier alpha value is -2.98. The topological polar surface area (TPSA) is 117 Å². The van der Waals surface area contributed by atoms with Crippen molar-refractivity contribution in [2.45, 2.75) is 18.0 Å². The number of hydrogen-bond donors (Lipinski definition) is 3. The molecule has 0 radical (unpaired) electrons. The smallest absolute Gasteiger partial charge is 0.241 e. The van der Waals surface area contributed by atoms with Crippen molar-refractivity contribution in [2.75, 3.05) is 20.6 Å². The van der Waals surface area contributed by atoms with E-state index in [9.17, 15) is 17.6 Å². The molecule has 2 aromatic rings. The molecule has 4 N–H and O–H groups in total. The Labute approximate surface area is 169 Å². The van der Waals surface area contributed by atoms with Crippen LogP contribution in [-0.4, -0.2) is 45.8 Å². The molecule has 1 amide bonds. The van der Waals surface area contributed by atoms with Crippen molar-refractivity contribution in [1.82, 2.24) is 15.5 Å². The number of guanidine groups is 1. The summed E-state index contributed by atoms with van der Waals surface area (Å²) < 4.78 is 36.5. The minimum atomic E-state index is -3.76. The number of likely N-dealkylation sites (N-methyl/N-ethyl adjacent to an activating group) is 1. The van der Waals surface area contributed by atoms with E-state index in [4.69, 9.17) is 5.14 Å². The Morgan fingerprint density at radius 1 is 1.10 bits per heavy atom. The van der Waals surface area contributed by atoms with E-state index in [1.807, 2.05) is 0 Å². The van der Waals surface area contributed by atoms with Crippen LogP contribution in [0.4, 0.5) is 4.39 Å². The third-order valence-corrected chi connectivity index (χ3v) is 4.91. The van der Waals surface area contributed by atoms with Crippen LogP contribution in [0.5, 0.6) is 0 Å². The highest BCUT2D eigenvalue weighted by Gasteiger charge is 2.09. The summed E-state index contributed by atoms with van der Waals surface area (Å²) in [5.74, 6) is -0.177. The van der Waals surface area contributed by atoms with E-state index in [0.29, 0.717) is 11.5 Å². The molecule has 29 heavy (non-hydrogen) atoms. The third kappa shape index (κ3) is 7.16. The molecule has 0 unspecified atom stereocenters. The Morgan fingerprint density at radius 3 is 2.34 bits per heavy atom. The first-order chi connectivity index (χ1) is 13.7. The lowest BCUT2D eigenvalue weighted by molar-refractivity contribution is -0.127. The zero-order chi connectivity index (χ0) is 21.4. The third-order valence-electron chi connectivity index (χ3n) is 3.98. The van der Waals surface area contributed by atoms with Gasteiger partial charge in [-0.2, -0.15) is 0 Å². The standard InChI is InChI=1S/C19H24FN5O3S/c1-25(2)18(26)13-24-19(23-12-15-5-3-4-6-17(15)20)22-11-14-7-9-16(10-8-14)29(21,27)28/h3-10H,11-13H2,1-2H3,(H2,21,27,28)(H2,22,23,24). The van der Waals surface area contributed by atoms with Gasteiger partial charge in [-0.1, -0.05) is 30.3 Å². The number of primary sulfonamides is 1. The molecule has 0 saturated heterocycles. The lowest BCUT2D eigenvalue weighted by atomic mass is 10.2. The highest BCUT2D eigenvalue weighted by Crippen LogP contribution is 2.10. The molecule has 0 bridgehead atoms. The fraction of sp³-hybridized carbons (Fsp3) is 0.263. The summed E-state index contributed by atoms with van der Waals surface area (Å²) in [6, 6.07) is 12.3. The van der Waals surface area contributed by atoms with Crippen LogP contribution in [0, 0.1) is 5.82 Å². The highest BCUT2D eigenvalue weighted by atomic mass is 32.2. The monoisotopic (exact) mass is 421 g/mol. The summed E-state index contributed by atoms with van der Waals surface area (Å²) >= 11 is 0. The van der Waals surface area contributed by atoms with Gasteiger partial charge < -0.3 is 15.5 Å². The number of nitrogens with one attached hydrogen (secondary N) is 2. The van der Waals surface area contributed by atoms with Gasteiger partial charge in [0.25, 0.3) is 0 Å². The van der Waals surface area contributed by atoms with Crippen molar-refractivity contribution in [3.05, 3.63) is 65.5 Å². The number of benzene rings is 2. The van der Waals surface area contributed by atoms with Gasteiger partial charge in [0.2, 0.25) is 15.9 Å². The number of halogens is 1. The molecule has 0 aliphatic rings. The zero-order valence-corrected chi connectivity index (χ0v) is 17.0. The van der Waals surface area contributed by atoms with Crippen LogP contribution in [0.3, 0.4) is 0 Å². The second-order valence-electron chi connectivity index (χ2n) is 6.44. The molecule has 8 nitrogen and oxygen atoms in total. The predicted molar refractivity (Wildman–Crippen MR) is 109 cm³/mol. The average molecular weight is 421 g/mol. The van der Waals surface area contributed by atoms with Gasteiger partial charge in [-0.25, -0.2) is 22.9 Å². The lowest BCUT2D eigenvalue weighted by Gasteiger charge is -2.15. The number of sulfonamides is 1. The molecule has 10 heteroatoms. The summed E-state index contributed by atoms with van der Waals surface area (Å²) in [7, 11) is -0.480. The number of carbonyl (C=O) groups excluding carboxylic acids is 1. The Balaban J connectivity index is 2.10. The van der Waals surface area contributed by atoms with Crippen LogP contribution in [-0.2, 0) is 27.9 Å². The van der Waals surface area contributed by atoms with Gasteiger partial charge in [-0.05, 0) is 23.8 Å². The summed E-state index contributed by atoms with van der Waals surface area (Å²) in [5.41, 5.74) is 1.20. The maximum Gasteiger partial charge on any atom is 0.241 e. The van der Waals surface area contributed by atoms with Gasteiger partial charge in [-0.15, -0.1) is 0 Å². The molecule has 0 aliphatic heterocycles. The number of nitrogens with two attached hydrogens (primary N) is 1. The molecule has 0 aromatic heterocycles. The Bertz CT molecular complexity index is 976. The van der Waals surface area contributed by atoms with Crippen LogP contribution in [0.15, 0.2) is 58.4 Å². The van der Waals surface area contributed by atoms with Crippen LogP contribution < -0.4 is 15.8 Å². The van der Waals surface area contributed by atoms with Crippen LogP contribution in [0.1, 0.15) is 11.1 Å². The van der Waals surface area contributed by atoms with E-state index < -0.39 is 10.0 Å². The van der Waals surface area contributed by atoms with Crippen molar-refractivity contribution in [3.63, 3.8) is 0 Å². The maximum absolute atomic E-state index is 13.8. The first-order valence-corrected chi connectivity index (χ1v) is 10.3. The molecule has 0 fully saturated rings. The zero-order valence-electron chi connectivity index (χ0n) is 16.2. The molecular formula is C19H24FN5O3S. The minimum absolute atomic E-state index is 0.0119. The second-order valence-corrected chi connectivity index (χ2v) is 8.00. The first-order valence-electron chi connectivity index (χ1n) is 8.74. The fourth-order valence-electron chi connectivity index (χ4n) is 2.27. The second kappa shape index (κ2) is 9.99. The highest BCUT2D eigenvalue weighted by molar-refractivity contribution is 7.89. The molecular weight excluding hydrogens is 397 g/mol. The number of aliphatic imine (C=N–C) groups is 1. The van der Waals surface area contributed by atoms with Gasteiger partial charge in [0.1, 0.15) is 5.82 Å². The van der Waals surface area contributed by atoms with Crippen molar-refractivity contribution >= 4 is 21.9 Å². The van der Waals surface area contributed by atoms with Gasteiger partial charge in [0.15, 0.2) is 5.96 Å². The Morgan fingerprint density at radius 2 is 1.76 bits per heavy atom. The number of amides is 1. The predicted octanol–water partition coefficient (Wildman–Crippen LogP) is 0.797. The molecule has 0 spiro atoms. The molecule has 2 aromatic carbocycles. The van der Waals surface area contributed by atoms with E-state index in [0.717, 1.165) is 5.56 Å². The van der Waals surface area contributed by atoms with Crippen LogP contribution in [0.25, 0.3) is 0 Å². The summed E-state index contributed by atoms with van der Waals surface area (Å²) in [4.78, 5) is 17.7. The first kappa shape index (κ1) is 22.3. The van der Waals surface area contributed by atoms with Crippen LogP contribution >= 0.6 is 0 Å². The summed E-state index contributed by atoms with van der Waals surface area (Å²) in [6.07, 6.45) is 0. The summed E-state index contributed by atoms with van der Waals surface area (Å²) in [6.45, 7) is 0.410. The maximum atomic E-state index is 13.8. The number of rotatable bonds is 7. The summed E-state index contributed by atoms with van der Waals surface area (Å²) in [5, 5.41) is 11.0. The molecule has 0 heterocycles. The number of hydrogen-bond acceptors (Lipinski definition) is 4. The van der Waals surface area contributed by atoms with Gasteiger partial charge >= 0.3 is 0 Å². The van der Waals surface area contributed by atoms with E-state index in [1.54, 1.807) is 44.4 Å². The van der Waals surface area contributed by atoms with E-state index in [2.05, 4.69) is 15.6 Å². The van der Waals surface area contributed by atoms with E-state index in [-0.39, 0.29) is 36.3 Å². The lowest BCUT2D eigenvalue weighted by Crippen LogP contribution is -2.42. The quantitative estimate of drug-likeness (QED) is 0.452. The van der Waals surface area contributed by atoms with Gasteiger partial charge in [-0.3, -0.25) is 4.79 Å². The van der Waals surface area contributed by atoms with Gasteiger partial charge in [0.05, 0.1) is 18.0 Å². The largest absolute Gasteiger partial charge is 0.352 e. The number of carbonyl (C=O) groups is 1. The van der Waals surface area contributed by atoms with E-state index >= 15 is 0 Å². The Kier molecular flexibility index (Phi) is 7.68. The van der Waals surface area contributed by atoms with Crippen LogP contribution in [0.2, 0.25) is 0 Å². The molecule has 2 rings (SSSR count). The normalized spacial score (nSPS) is 11.8. The number of nitrogens with zero attached hydrogens (tertiary/aromatic N) is 2. The molecule has 0 saturated carbocycles. The molecule has 156 valence electrons. The average Bonchev–Trinajstić information content (AvgIpc) is 2.67. The molecule has 0 aliphatic carbocycles. The van der Waals surface area contributed by atoms with Gasteiger partial charge in [0, 0.05) is 26.2 Å². The van der Waals surface area contributed by atoms with E-state index in [1.165, 1.54) is 23.1 Å². The van der Waals surface area contributed by atoms with Crippen molar-refractivity contribution in [2.24, 2.45) is 10.1 Å². The minimum Gasteiger partial charge on any atom is -0.352 e.